The Balaban J connectivity index is 1.21. The number of hydrogen-bond donors (Lipinski definition) is 1. The fourth-order valence-electron chi connectivity index (χ4n) is 3.96. The highest BCUT2D eigenvalue weighted by Gasteiger charge is 2.21. The molecule has 2 aliphatic heterocycles. The molecule has 0 atom stereocenters. The van der Waals surface area contributed by atoms with Crippen LogP contribution in [0.2, 0.25) is 0 Å². The van der Waals surface area contributed by atoms with Crippen molar-refractivity contribution < 1.29 is 18.7 Å². The number of piperazine rings is 1. The van der Waals surface area contributed by atoms with Crippen molar-refractivity contribution in [3.63, 3.8) is 0 Å². The Morgan fingerprint density at radius 1 is 1.10 bits per heavy atom. The average molecular weight is 430 g/mol. The Kier molecular flexibility index (Phi) is 7.39. The van der Waals surface area contributed by atoms with E-state index in [0.29, 0.717) is 24.7 Å². The number of para-hydroxylation sites is 2. The van der Waals surface area contributed by atoms with Crippen LogP contribution in [0.15, 0.2) is 34.9 Å². The molecule has 0 unspecified atom stereocenters. The predicted octanol–water partition coefficient (Wildman–Crippen LogP) is 1.07. The van der Waals surface area contributed by atoms with Crippen LogP contribution in [0.3, 0.4) is 0 Å². The third-order valence-corrected chi connectivity index (χ3v) is 5.76. The van der Waals surface area contributed by atoms with Crippen LogP contribution in [0.25, 0.3) is 0 Å². The molecule has 1 aromatic heterocycles. The molecule has 1 N–H and O–H groups in total. The van der Waals surface area contributed by atoms with Crippen LogP contribution in [0.1, 0.15) is 16.4 Å². The minimum Gasteiger partial charge on any atom is -0.495 e. The molecular formula is C22H31N5O4. The molecular weight excluding hydrogens is 398 g/mol. The molecule has 2 aromatic rings. The Hall–Kier alpha value is -2.62. The maximum Gasteiger partial charge on any atom is 0.273 e. The van der Waals surface area contributed by atoms with E-state index in [4.69, 9.17) is 13.9 Å². The van der Waals surface area contributed by atoms with Gasteiger partial charge in [-0.15, -0.1) is 0 Å². The fourth-order valence-corrected chi connectivity index (χ4v) is 3.96. The van der Waals surface area contributed by atoms with E-state index in [1.165, 1.54) is 6.26 Å². The number of anilines is 1. The fraction of sp³-hybridized carbons (Fsp3) is 0.545. The number of nitrogens with zero attached hydrogens (tertiary/aromatic N) is 4. The van der Waals surface area contributed by atoms with Crippen molar-refractivity contribution in [2.45, 2.75) is 6.54 Å². The number of amides is 1. The van der Waals surface area contributed by atoms with Gasteiger partial charge in [0.1, 0.15) is 12.0 Å². The van der Waals surface area contributed by atoms with Gasteiger partial charge in [-0.05, 0) is 12.1 Å². The Labute approximate surface area is 182 Å². The lowest BCUT2D eigenvalue weighted by atomic mass is 10.2. The molecule has 2 aliphatic rings. The number of nitrogens with one attached hydrogen (secondary N) is 1. The van der Waals surface area contributed by atoms with Crippen LogP contribution in [0, 0.1) is 0 Å². The van der Waals surface area contributed by atoms with E-state index in [-0.39, 0.29) is 5.91 Å². The van der Waals surface area contributed by atoms with Crippen LogP contribution in [0.4, 0.5) is 5.69 Å². The lowest BCUT2D eigenvalue weighted by Crippen LogP contribution is -2.46. The first-order valence-corrected chi connectivity index (χ1v) is 10.9. The van der Waals surface area contributed by atoms with Crippen molar-refractivity contribution in [2.24, 2.45) is 0 Å². The zero-order valence-electron chi connectivity index (χ0n) is 18.1. The van der Waals surface area contributed by atoms with E-state index in [2.05, 4.69) is 31.1 Å². The molecule has 0 bridgehead atoms. The molecule has 0 spiro atoms. The maximum atomic E-state index is 12.3. The Morgan fingerprint density at radius 3 is 2.65 bits per heavy atom. The van der Waals surface area contributed by atoms with E-state index in [9.17, 15) is 4.79 Å². The number of ether oxygens (including phenoxy) is 2. The molecule has 0 saturated carbocycles. The van der Waals surface area contributed by atoms with Crippen LogP contribution < -0.4 is 15.0 Å². The van der Waals surface area contributed by atoms with Gasteiger partial charge in [-0.1, -0.05) is 12.1 Å². The zero-order valence-corrected chi connectivity index (χ0v) is 18.1. The van der Waals surface area contributed by atoms with Crippen molar-refractivity contribution in [1.29, 1.82) is 0 Å². The number of oxazole rings is 1. The van der Waals surface area contributed by atoms with Crippen LogP contribution in [-0.4, -0.2) is 93.4 Å². The minimum absolute atomic E-state index is 0.191. The van der Waals surface area contributed by atoms with Crippen LogP contribution >= 0.6 is 0 Å². The Morgan fingerprint density at radius 2 is 1.87 bits per heavy atom. The predicted molar refractivity (Wildman–Crippen MR) is 117 cm³/mol. The van der Waals surface area contributed by atoms with Gasteiger partial charge in [0, 0.05) is 52.4 Å². The SMILES string of the molecule is COc1ccccc1N1CCN(Cc2nc(C(=O)NCCN3CCOCC3)co2)CC1. The number of rotatable bonds is 8. The lowest BCUT2D eigenvalue weighted by Gasteiger charge is -2.36. The summed E-state index contributed by atoms with van der Waals surface area (Å²) >= 11 is 0. The van der Waals surface area contributed by atoms with Gasteiger partial charge >= 0.3 is 0 Å². The summed E-state index contributed by atoms with van der Waals surface area (Å²) in [5.41, 5.74) is 1.46. The van der Waals surface area contributed by atoms with Crippen LogP contribution in [0.5, 0.6) is 5.75 Å². The number of hydrogen-bond acceptors (Lipinski definition) is 8. The van der Waals surface area contributed by atoms with Gasteiger partial charge in [0.05, 0.1) is 32.6 Å². The summed E-state index contributed by atoms with van der Waals surface area (Å²) in [6, 6.07) is 8.09. The van der Waals surface area contributed by atoms with E-state index < -0.39 is 0 Å². The summed E-state index contributed by atoms with van der Waals surface area (Å²) in [5, 5.41) is 2.92. The van der Waals surface area contributed by atoms with Gasteiger partial charge < -0.3 is 24.1 Å². The summed E-state index contributed by atoms with van der Waals surface area (Å²) in [6.45, 7) is 8.92. The highest BCUT2D eigenvalue weighted by Crippen LogP contribution is 2.28. The first-order chi connectivity index (χ1) is 15.2. The molecule has 1 aromatic carbocycles. The monoisotopic (exact) mass is 429 g/mol. The number of morpholine rings is 1. The number of carbonyl (C=O) groups is 1. The van der Waals surface area contributed by atoms with Crippen LogP contribution in [-0.2, 0) is 11.3 Å². The standard InChI is InChI=1S/C22H31N5O4/c1-29-20-5-3-2-4-19(20)27-10-8-26(9-11-27)16-21-24-18(17-31-21)22(28)23-6-7-25-12-14-30-15-13-25/h2-5,17H,6-16H2,1H3,(H,23,28). The van der Waals surface area contributed by atoms with Crippen molar-refractivity contribution in [2.75, 3.05) is 77.6 Å². The smallest absolute Gasteiger partial charge is 0.273 e. The summed E-state index contributed by atoms with van der Waals surface area (Å²) in [5.74, 6) is 1.28. The van der Waals surface area contributed by atoms with Crippen molar-refractivity contribution in [3.05, 3.63) is 42.1 Å². The third kappa shape index (κ3) is 5.75. The largest absolute Gasteiger partial charge is 0.495 e. The van der Waals surface area contributed by atoms with Crippen molar-refractivity contribution >= 4 is 11.6 Å². The van der Waals surface area contributed by atoms with Crippen molar-refractivity contribution in [1.82, 2.24) is 20.1 Å². The van der Waals surface area contributed by atoms with Gasteiger partial charge in [0.2, 0.25) is 5.89 Å². The minimum atomic E-state index is -0.191. The molecule has 9 nitrogen and oxygen atoms in total. The van der Waals surface area contributed by atoms with E-state index in [0.717, 1.165) is 70.5 Å². The van der Waals surface area contributed by atoms with Gasteiger partial charge in [0.25, 0.3) is 5.91 Å². The summed E-state index contributed by atoms with van der Waals surface area (Å²) in [7, 11) is 1.70. The van der Waals surface area contributed by atoms with Gasteiger partial charge in [-0.2, -0.15) is 0 Å². The molecule has 2 saturated heterocycles. The number of aromatic nitrogens is 1. The van der Waals surface area contributed by atoms with E-state index in [1.807, 2.05) is 18.2 Å². The second-order valence-electron chi connectivity index (χ2n) is 7.77. The molecule has 2 fully saturated rings. The molecule has 4 rings (SSSR count). The highest BCUT2D eigenvalue weighted by molar-refractivity contribution is 5.91. The molecule has 9 heteroatoms. The average Bonchev–Trinajstić information content (AvgIpc) is 3.29. The van der Waals surface area contributed by atoms with Crippen molar-refractivity contribution in [3.8, 4) is 5.75 Å². The number of carbonyl (C=O) groups excluding carboxylic acids is 1. The molecule has 0 aliphatic carbocycles. The molecule has 0 radical (unpaired) electrons. The summed E-state index contributed by atoms with van der Waals surface area (Å²) in [4.78, 5) is 23.6. The maximum absolute atomic E-state index is 12.3. The second-order valence-corrected chi connectivity index (χ2v) is 7.77. The normalized spacial score (nSPS) is 18.2. The van der Waals surface area contributed by atoms with E-state index >= 15 is 0 Å². The molecule has 1 amide bonds. The molecule has 168 valence electrons. The first-order valence-electron chi connectivity index (χ1n) is 10.9. The molecule has 3 heterocycles. The number of methoxy groups -OCH3 is 1. The first kappa shape index (κ1) is 21.6. The highest BCUT2D eigenvalue weighted by atomic mass is 16.5. The topological polar surface area (TPSA) is 83.3 Å². The summed E-state index contributed by atoms with van der Waals surface area (Å²) in [6.07, 6.45) is 1.45. The molecule has 31 heavy (non-hydrogen) atoms. The Bertz CT molecular complexity index is 844. The van der Waals surface area contributed by atoms with Gasteiger partial charge in [-0.25, -0.2) is 4.98 Å². The zero-order chi connectivity index (χ0) is 21.5. The quantitative estimate of drug-likeness (QED) is 0.667. The second kappa shape index (κ2) is 10.6. The lowest BCUT2D eigenvalue weighted by molar-refractivity contribution is 0.0383. The van der Waals surface area contributed by atoms with E-state index in [1.54, 1.807) is 7.11 Å². The summed E-state index contributed by atoms with van der Waals surface area (Å²) < 4.78 is 16.4. The van der Waals surface area contributed by atoms with Gasteiger partial charge in [-0.3, -0.25) is 14.6 Å². The van der Waals surface area contributed by atoms with Gasteiger partial charge in [0.15, 0.2) is 5.69 Å². The number of benzene rings is 1. The third-order valence-electron chi connectivity index (χ3n) is 5.76.